The fourth-order valence-corrected chi connectivity index (χ4v) is 1.98. The first-order chi connectivity index (χ1) is 8.15. The van der Waals surface area contributed by atoms with Gasteiger partial charge in [-0.1, -0.05) is 0 Å². The molecule has 0 aliphatic heterocycles. The topological polar surface area (TPSA) is 55.7 Å². The van der Waals surface area contributed by atoms with Crippen molar-refractivity contribution in [1.29, 1.82) is 0 Å². The van der Waals surface area contributed by atoms with E-state index >= 15 is 0 Å². The van der Waals surface area contributed by atoms with Crippen LogP contribution in [-0.4, -0.2) is 20.7 Å². The molecule has 0 spiro atoms. The Hall–Kier alpha value is -1.75. The van der Waals surface area contributed by atoms with Gasteiger partial charge < -0.3 is 0 Å². The highest BCUT2D eigenvalue weighted by molar-refractivity contribution is 7.99. The number of rotatable bonds is 3. The molecule has 2 aromatic rings. The molecule has 17 heavy (non-hydrogen) atoms. The summed E-state index contributed by atoms with van der Waals surface area (Å²) in [7, 11) is 0. The first kappa shape index (κ1) is 11.7. The average Bonchev–Trinajstić information content (AvgIpc) is 2.29. The van der Waals surface area contributed by atoms with Crippen molar-refractivity contribution < 1.29 is 4.79 Å². The molecular formula is C12H11N3OS. The smallest absolute Gasteiger partial charge is 0.192 e. The van der Waals surface area contributed by atoms with Gasteiger partial charge in [0.25, 0.3) is 0 Å². The lowest BCUT2D eigenvalue weighted by molar-refractivity contribution is 0.101. The van der Waals surface area contributed by atoms with Crippen molar-refractivity contribution >= 4 is 17.5 Å². The maximum atomic E-state index is 11.1. The summed E-state index contributed by atoms with van der Waals surface area (Å²) in [5.74, 6) is -0.0339. The Morgan fingerprint density at radius 2 is 2.06 bits per heavy atom. The molecule has 5 heteroatoms. The van der Waals surface area contributed by atoms with Crippen LogP contribution in [0.1, 0.15) is 23.1 Å². The maximum Gasteiger partial charge on any atom is 0.192 e. The van der Waals surface area contributed by atoms with Gasteiger partial charge >= 0.3 is 0 Å². The summed E-state index contributed by atoms with van der Waals surface area (Å²) in [6.45, 7) is 3.42. The zero-order valence-electron chi connectivity index (χ0n) is 9.54. The molecule has 0 aliphatic carbocycles. The monoisotopic (exact) mass is 245 g/mol. The van der Waals surface area contributed by atoms with Gasteiger partial charge in [0, 0.05) is 29.9 Å². The highest BCUT2D eigenvalue weighted by atomic mass is 32.2. The van der Waals surface area contributed by atoms with Gasteiger partial charge in [0.1, 0.15) is 5.69 Å². The summed E-state index contributed by atoms with van der Waals surface area (Å²) in [5, 5.41) is 0.683. The van der Waals surface area contributed by atoms with Crippen LogP contribution in [0.2, 0.25) is 0 Å². The van der Waals surface area contributed by atoms with Crippen LogP contribution < -0.4 is 0 Å². The van der Waals surface area contributed by atoms with Crippen LogP contribution in [0.15, 0.2) is 40.6 Å². The zero-order valence-corrected chi connectivity index (χ0v) is 10.4. The number of aryl methyl sites for hydroxylation is 1. The predicted octanol–water partition coefficient (Wildman–Crippen LogP) is 2.53. The van der Waals surface area contributed by atoms with E-state index in [0.717, 1.165) is 10.6 Å². The van der Waals surface area contributed by atoms with Crippen molar-refractivity contribution in [1.82, 2.24) is 15.0 Å². The normalized spacial score (nSPS) is 10.2. The van der Waals surface area contributed by atoms with Crippen LogP contribution in [0, 0.1) is 6.92 Å². The maximum absolute atomic E-state index is 11.1. The van der Waals surface area contributed by atoms with Gasteiger partial charge in [0.15, 0.2) is 10.9 Å². The van der Waals surface area contributed by atoms with E-state index in [9.17, 15) is 4.79 Å². The Balaban J connectivity index is 2.16. The molecule has 4 nitrogen and oxygen atoms in total. The minimum absolute atomic E-state index is 0.0339. The van der Waals surface area contributed by atoms with Crippen LogP contribution in [0.4, 0.5) is 0 Å². The first-order valence-corrected chi connectivity index (χ1v) is 5.91. The van der Waals surface area contributed by atoms with Crippen molar-refractivity contribution in [2.24, 2.45) is 0 Å². The Kier molecular flexibility index (Phi) is 3.49. The van der Waals surface area contributed by atoms with E-state index in [-0.39, 0.29) is 5.78 Å². The molecule has 2 rings (SSSR count). The number of ketones is 1. The van der Waals surface area contributed by atoms with E-state index in [1.807, 2.05) is 19.1 Å². The summed E-state index contributed by atoms with van der Waals surface area (Å²) < 4.78 is 0. The molecule has 0 atom stereocenters. The van der Waals surface area contributed by atoms with Gasteiger partial charge in [-0.05, 0) is 36.9 Å². The minimum Gasteiger partial charge on any atom is -0.293 e. The molecule has 0 saturated carbocycles. The van der Waals surface area contributed by atoms with Crippen molar-refractivity contribution in [3.05, 3.63) is 42.0 Å². The van der Waals surface area contributed by atoms with E-state index in [4.69, 9.17) is 0 Å². The predicted molar refractivity (Wildman–Crippen MR) is 65.1 cm³/mol. The molecule has 0 amide bonds. The van der Waals surface area contributed by atoms with Crippen LogP contribution in [0.3, 0.4) is 0 Å². The summed E-state index contributed by atoms with van der Waals surface area (Å²) in [4.78, 5) is 24.5. The second kappa shape index (κ2) is 5.05. The highest BCUT2D eigenvalue weighted by Gasteiger charge is 2.03. The number of pyridine rings is 1. The molecule has 0 aromatic carbocycles. The molecule has 0 N–H and O–H groups in total. The van der Waals surface area contributed by atoms with Crippen LogP contribution >= 0.6 is 11.8 Å². The van der Waals surface area contributed by atoms with E-state index in [1.54, 1.807) is 18.5 Å². The zero-order chi connectivity index (χ0) is 12.3. The van der Waals surface area contributed by atoms with Gasteiger partial charge in [-0.2, -0.15) is 0 Å². The summed E-state index contributed by atoms with van der Waals surface area (Å²) in [6, 6.07) is 5.40. The molecule has 0 unspecified atom stereocenters. The second-order valence-electron chi connectivity index (χ2n) is 3.52. The summed E-state index contributed by atoms with van der Waals surface area (Å²) >= 11 is 1.43. The van der Waals surface area contributed by atoms with E-state index < -0.39 is 0 Å². The fourth-order valence-electron chi connectivity index (χ4n) is 1.23. The molecule has 0 bridgehead atoms. The van der Waals surface area contributed by atoms with Crippen LogP contribution in [0.25, 0.3) is 0 Å². The standard InChI is InChI=1S/C12H11N3OS/c1-8-5-6-13-12(15-8)17-10-3-4-11(9(2)16)14-7-10/h3-7H,1-2H3. The van der Waals surface area contributed by atoms with Gasteiger partial charge in [0.05, 0.1) is 0 Å². The number of aromatic nitrogens is 3. The first-order valence-electron chi connectivity index (χ1n) is 5.09. The van der Waals surface area contributed by atoms with Gasteiger partial charge in [0.2, 0.25) is 0 Å². The van der Waals surface area contributed by atoms with Crippen molar-refractivity contribution in [3.63, 3.8) is 0 Å². The Labute approximate surface area is 104 Å². The number of carbonyl (C=O) groups is 1. The third-order valence-electron chi connectivity index (χ3n) is 2.08. The number of hydrogen-bond donors (Lipinski definition) is 0. The highest BCUT2D eigenvalue weighted by Crippen LogP contribution is 2.23. The van der Waals surface area contributed by atoms with Gasteiger partial charge in [-0.15, -0.1) is 0 Å². The van der Waals surface area contributed by atoms with Gasteiger partial charge in [-0.3, -0.25) is 9.78 Å². The lowest BCUT2D eigenvalue weighted by Gasteiger charge is -2.01. The van der Waals surface area contributed by atoms with Crippen LogP contribution in [-0.2, 0) is 0 Å². The van der Waals surface area contributed by atoms with Crippen molar-refractivity contribution in [2.75, 3.05) is 0 Å². The minimum atomic E-state index is -0.0339. The summed E-state index contributed by atoms with van der Waals surface area (Å²) in [6.07, 6.45) is 3.38. The molecule has 86 valence electrons. The van der Waals surface area contributed by atoms with Crippen LogP contribution in [0.5, 0.6) is 0 Å². The third-order valence-corrected chi connectivity index (χ3v) is 2.94. The van der Waals surface area contributed by atoms with Crippen molar-refractivity contribution in [2.45, 2.75) is 23.9 Å². The largest absolute Gasteiger partial charge is 0.293 e. The average molecular weight is 245 g/mol. The van der Waals surface area contributed by atoms with E-state index in [1.165, 1.54) is 18.7 Å². The number of hydrogen-bond acceptors (Lipinski definition) is 5. The molecule has 0 saturated heterocycles. The van der Waals surface area contributed by atoms with Gasteiger partial charge in [-0.25, -0.2) is 9.97 Å². The number of carbonyl (C=O) groups excluding carboxylic acids is 1. The molecular weight excluding hydrogens is 234 g/mol. The van der Waals surface area contributed by atoms with E-state index in [0.29, 0.717) is 10.9 Å². The second-order valence-corrected chi connectivity index (χ2v) is 4.56. The lowest BCUT2D eigenvalue weighted by atomic mass is 10.3. The molecule has 0 radical (unpaired) electrons. The van der Waals surface area contributed by atoms with Crippen molar-refractivity contribution in [3.8, 4) is 0 Å². The molecule has 2 heterocycles. The quantitative estimate of drug-likeness (QED) is 0.614. The number of Topliss-reactive ketones (excluding diaryl/α,β-unsaturated/α-hetero) is 1. The Morgan fingerprint density at radius 1 is 1.24 bits per heavy atom. The SMILES string of the molecule is CC(=O)c1ccc(Sc2nccc(C)n2)cn1. The fraction of sp³-hybridized carbons (Fsp3) is 0.167. The molecule has 0 fully saturated rings. The number of nitrogens with zero attached hydrogens (tertiary/aromatic N) is 3. The Bertz CT molecular complexity index is 540. The molecule has 0 aliphatic rings. The Morgan fingerprint density at radius 3 is 2.65 bits per heavy atom. The summed E-state index contributed by atoms with van der Waals surface area (Å²) in [5.41, 5.74) is 1.40. The lowest BCUT2D eigenvalue weighted by Crippen LogP contribution is -1.95. The molecule has 2 aromatic heterocycles. The third kappa shape index (κ3) is 3.10. The van der Waals surface area contributed by atoms with E-state index in [2.05, 4.69) is 15.0 Å².